The van der Waals surface area contributed by atoms with E-state index in [0.29, 0.717) is 11.8 Å². The molecule has 2 rings (SSSR count). The molecule has 1 aliphatic rings. The van der Waals surface area contributed by atoms with Gasteiger partial charge in [0, 0.05) is 6.42 Å². The van der Waals surface area contributed by atoms with E-state index in [4.69, 9.17) is 0 Å². The molecule has 0 aromatic heterocycles. The normalized spacial score (nSPS) is 31.3. The van der Waals surface area contributed by atoms with Gasteiger partial charge in [-0.2, -0.15) is 0 Å². The third kappa shape index (κ3) is 2.92. The average molecular weight is 250 g/mol. The van der Waals surface area contributed by atoms with E-state index in [-0.39, 0.29) is 11.7 Å². The van der Waals surface area contributed by atoms with Crippen LogP contribution in [0.25, 0.3) is 0 Å². The molecular formula is C16H23FO. The maximum absolute atomic E-state index is 13.2. The number of halogens is 1. The van der Waals surface area contributed by atoms with Gasteiger partial charge in [0.15, 0.2) is 0 Å². The van der Waals surface area contributed by atoms with Crippen molar-refractivity contribution in [1.29, 1.82) is 0 Å². The highest BCUT2D eigenvalue weighted by Crippen LogP contribution is 2.45. The van der Waals surface area contributed by atoms with E-state index in [1.807, 2.05) is 6.07 Å². The van der Waals surface area contributed by atoms with Crippen molar-refractivity contribution in [1.82, 2.24) is 0 Å². The van der Waals surface area contributed by atoms with Crippen LogP contribution in [0.4, 0.5) is 4.39 Å². The second-order valence-electron chi connectivity index (χ2n) is 6.68. The lowest BCUT2D eigenvalue weighted by Crippen LogP contribution is -2.45. The molecule has 2 unspecified atom stereocenters. The van der Waals surface area contributed by atoms with Crippen molar-refractivity contribution in [2.24, 2.45) is 11.3 Å². The molecule has 0 aliphatic heterocycles. The molecule has 1 aromatic carbocycles. The fourth-order valence-corrected chi connectivity index (χ4v) is 3.19. The minimum absolute atomic E-state index is 0.222. The van der Waals surface area contributed by atoms with Crippen LogP contribution >= 0.6 is 0 Å². The summed E-state index contributed by atoms with van der Waals surface area (Å²) >= 11 is 0. The molecule has 1 aromatic rings. The molecule has 1 N–H and O–H groups in total. The standard InChI is InChI=1S/C16H23FO/c1-12-10-15(2,3)7-8-16(12,18)11-13-5-4-6-14(17)9-13/h4-6,9,12,18H,7-8,10-11H2,1-3H3. The number of hydrogen-bond acceptors (Lipinski definition) is 1. The largest absolute Gasteiger partial charge is 0.389 e. The molecule has 2 heteroatoms. The molecule has 100 valence electrons. The fraction of sp³-hybridized carbons (Fsp3) is 0.625. The summed E-state index contributed by atoms with van der Waals surface area (Å²) in [6.45, 7) is 6.62. The van der Waals surface area contributed by atoms with Crippen molar-refractivity contribution in [2.75, 3.05) is 0 Å². The van der Waals surface area contributed by atoms with Crippen LogP contribution in [0.1, 0.15) is 45.6 Å². The molecule has 0 bridgehead atoms. The number of hydrogen-bond donors (Lipinski definition) is 1. The van der Waals surface area contributed by atoms with E-state index in [1.54, 1.807) is 6.07 Å². The first-order chi connectivity index (χ1) is 8.31. The maximum Gasteiger partial charge on any atom is 0.123 e. The molecule has 0 spiro atoms. The van der Waals surface area contributed by atoms with E-state index >= 15 is 0 Å². The Bertz CT molecular complexity index is 427. The second kappa shape index (κ2) is 4.65. The Balaban J connectivity index is 2.13. The van der Waals surface area contributed by atoms with Gasteiger partial charge in [-0.25, -0.2) is 4.39 Å². The molecular weight excluding hydrogens is 227 g/mol. The van der Waals surface area contributed by atoms with Crippen molar-refractivity contribution in [3.05, 3.63) is 35.6 Å². The molecule has 18 heavy (non-hydrogen) atoms. The first-order valence-corrected chi connectivity index (χ1v) is 6.78. The van der Waals surface area contributed by atoms with Gasteiger partial charge in [-0.15, -0.1) is 0 Å². The monoisotopic (exact) mass is 250 g/mol. The SMILES string of the molecule is CC1CC(C)(C)CCC1(O)Cc1cccc(F)c1. The Morgan fingerprint density at radius 1 is 1.33 bits per heavy atom. The highest BCUT2D eigenvalue weighted by atomic mass is 19.1. The van der Waals surface area contributed by atoms with Crippen LogP contribution in [0.15, 0.2) is 24.3 Å². The average Bonchev–Trinajstić information content (AvgIpc) is 2.24. The summed E-state index contributed by atoms with van der Waals surface area (Å²) < 4.78 is 13.2. The smallest absolute Gasteiger partial charge is 0.123 e. The van der Waals surface area contributed by atoms with Crippen molar-refractivity contribution < 1.29 is 9.50 Å². The zero-order valence-electron chi connectivity index (χ0n) is 11.5. The van der Waals surface area contributed by atoms with Crippen LogP contribution in [0.5, 0.6) is 0 Å². The van der Waals surface area contributed by atoms with Gasteiger partial charge < -0.3 is 5.11 Å². The Kier molecular flexibility index (Phi) is 3.50. The zero-order chi connectivity index (χ0) is 13.4. The topological polar surface area (TPSA) is 20.2 Å². The third-order valence-corrected chi connectivity index (χ3v) is 4.41. The van der Waals surface area contributed by atoms with Gasteiger partial charge in [0.05, 0.1) is 5.60 Å². The summed E-state index contributed by atoms with van der Waals surface area (Å²) in [5, 5.41) is 10.8. The second-order valence-corrected chi connectivity index (χ2v) is 6.68. The summed E-state index contributed by atoms with van der Waals surface area (Å²) in [6, 6.07) is 6.59. The number of aliphatic hydroxyl groups is 1. The molecule has 0 heterocycles. The van der Waals surface area contributed by atoms with Gasteiger partial charge in [0.2, 0.25) is 0 Å². The maximum atomic E-state index is 13.2. The van der Waals surface area contributed by atoms with Crippen molar-refractivity contribution in [2.45, 2.75) is 52.1 Å². The first kappa shape index (κ1) is 13.5. The predicted molar refractivity (Wildman–Crippen MR) is 71.8 cm³/mol. The lowest BCUT2D eigenvalue weighted by Gasteiger charge is -2.45. The summed E-state index contributed by atoms with van der Waals surface area (Å²) in [4.78, 5) is 0. The van der Waals surface area contributed by atoms with Gasteiger partial charge in [0.1, 0.15) is 5.82 Å². The summed E-state index contributed by atoms with van der Waals surface area (Å²) in [7, 11) is 0. The lowest BCUT2D eigenvalue weighted by molar-refractivity contribution is -0.0704. The van der Waals surface area contributed by atoms with E-state index in [0.717, 1.165) is 24.8 Å². The van der Waals surface area contributed by atoms with Crippen LogP contribution in [-0.4, -0.2) is 10.7 Å². The Hall–Kier alpha value is -0.890. The molecule has 0 saturated heterocycles. The van der Waals surface area contributed by atoms with Crippen LogP contribution in [-0.2, 0) is 6.42 Å². The van der Waals surface area contributed by atoms with Crippen LogP contribution in [0, 0.1) is 17.2 Å². The summed E-state index contributed by atoms with van der Waals surface area (Å²) in [6.07, 6.45) is 3.42. The highest BCUT2D eigenvalue weighted by molar-refractivity contribution is 5.19. The van der Waals surface area contributed by atoms with Crippen LogP contribution in [0.3, 0.4) is 0 Å². The van der Waals surface area contributed by atoms with Gasteiger partial charge in [-0.1, -0.05) is 32.9 Å². The molecule has 2 atom stereocenters. The first-order valence-electron chi connectivity index (χ1n) is 6.78. The summed E-state index contributed by atoms with van der Waals surface area (Å²) in [5.41, 5.74) is 0.528. The van der Waals surface area contributed by atoms with Gasteiger partial charge in [0.25, 0.3) is 0 Å². The Morgan fingerprint density at radius 2 is 2.06 bits per heavy atom. The number of rotatable bonds is 2. The molecule has 1 fully saturated rings. The minimum Gasteiger partial charge on any atom is -0.389 e. The fourth-order valence-electron chi connectivity index (χ4n) is 3.19. The minimum atomic E-state index is -0.677. The van der Waals surface area contributed by atoms with Gasteiger partial charge in [-0.05, 0) is 48.3 Å². The van der Waals surface area contributed by atoms with Crippen LogP contribution < -0.4 is 0 Å². The lowest BCUT2D eigenvalue weighted by atomic mass is 9.64. The van der Waals surface area contributed by atoms with Crippen molar-refractivity contribution in [3.8, 4) is 0 Å². The third-order valence-electron chi connectivity index (χ3n) is 4.41. The van der Waals surface area contributed by atoms with E-state index in [1.165, 1.54) is 12.1 Å². The van der Waals surface area contributed by atoms with Crippen LogP contribution in [0.2, 0.25) is 0 Å². The molecule has 1 aliphatic carbocycles. The van der Waals surface area contributed by atoms with Gasteiger partial charge >= 0.3 is 0 Å². The van der Waals surface area contributed by atoms with E-state index in [2.05, 4.69) is 20.8 Å². The van der Waals surface area contributed by atoms with Crippen molar-refractivity contribution in [3.63, 3.8) is 0 Å². The molecule has 0 radical (unpaired) electrons. The highest BCUT2D eigenvalue weighted by Gasteiger charge is 2.42. The quantitative estimate of drug-likeness (QED) is 0.842. The predicted octanol–water partition coefficient (Wildman–Crippen LogP) is 3.95. The Labute approximate surface area is 109 Å². The molecule has 0 amide bonds. The number of benzene rings is 1. The Morgan fingerprint density at radius 3 is 2.67 bits per heavy atom. The van der Waals surface area contributed by atoms with Gasteiger partial charge in [-0.3, -0.25) is 0 Å². The zero-order valence-corrected chi connectivity index (χ0v) is 11.5. The molecule has 1 saturated carbocycles. The van der Waals surface area contributed by atoms with Crippen molar-refractivity contribution >= 4 is 0 Å². The summed E-state index contributed by atoms with van der Waals surface area (Å²) in [5.74, 6) is 0.0319. The van der Waals surface area contributed by atoms with E-state index < -0.39 is 5.60 Å². The molecule has 1 nitrogen and oxygen atoms in total. The van der Waals surface area contributed by atoms with E-state index in [9.17, 15) is 9.50 Å².